The molecule has 2 bridgehead atoms. The number of piperidine rings is 2. The molecule has 2 N–H and O–H groups in total. The SMILES string of the molecule is [2H]C([2H])([2H])N1CCC[C@H]1COc1nc(N2CC3CCC2CN3)c2ccn(-c3cc(O)cc4ccc(F)c(F)c34)c(=O)c2n1. The Hall–Kier alpha value is -3.83. The van der Waals surface area contributed by atoms with Crippen molar-refractivity contribution in [3.8, 4) is 17.4 Å². The number of benzene rings is 2. The van der Waals surface area contributed by atoms with E-state index in [1.54, 1.807) is 6.07 Å². The fourth-order valence-electron chi connectivity index (χ4n) is 6.26. The second-order valence-corrected chi connectivity index (χ2v) is 10.8. The molecule has 4 aromatic rings. The number of phenols is 1. The maximum atomic E-state index is 15.1. The lowest BCUT2D eigenvalue weighted by molar-refractivity contribution is 0.188. The molecule has 0 saturated carbocycles. The van der Waals surface area contributed by atoms with Crippen molar-refractivity contribution in [3.05, 3.63) is 58.5 Å². The summed E-state index contributed by atoms with van der Waals surface area (Å²) in [6, 6.07) is 6.43. The van der Waals surface area contributed by atoms with Gasteiger partial charge in [0.15, 0.2) is 11.6 Å². The summed E-state index contributed by atoms with van der Waals surface area (Å²) in [5, 5.41) is 14.4. The van der Waals surface area contributed by atoms with E-state index < -0.39 is 24.2 Å². The zero-order valence-corrected chi connectivity index (χ0v) is 21.6. The number of anilines is 1. The summed E-state index contributed by atoms with van der Waals surface area (Å²) in [5.74, 6) is -1.92. The quantitative estimate of drug-likeness (QED) is 0.390. The molecule has 40 heavy (non-hydrogen) atoms. The van der Waals surface area contributed by atoms with Crippen LogP contribution in [0.1, 0.15) is 29.8 Å². The molecule has 3 atom stereocenters. The Morgan fingerprint density at radius 2 is 2.10 bits per heavy atom. The van der Waals surface area contributed by atoms with Gasteiger partial charge >= 0.3 is 6.01 Å². The molecule has 2 unspecified atom stereocenters. The maximum Gasteiger partial charge on any atom is 0.319 e. The molecule has 11 heteroatoms. The molecule has 4 aliphatic rings. The Morgan fingerprint density at radius 1 is 1.20 bits per heavy atom. The summed E-state index contributed by atoms with van der Waals surface area (Å²) in [7, 11) is 0. The van der Waals surface area contributed by atoms with E-state index in [1.165, 1.54) is 29.3 Å². The lowest BCUT2D eigenvalue weighted by Gasteiger charge is -2.46. The van der Waals surface area contributed by atoms with Crippen LogP contribution in [0.5, 0.6) is 11.8 Å². The molecule has 0 spiro atoms. The van der Waals surface area contributed by atoms with Gasteiger partial charge in [-0.25, -0.2) is 8.78 Å². The summed E-state index contributed by atoms with van der Waals surface area (Å²) in [6.07, 6.45) is 4.79. The first-order valence-electron chi connectivity index (χ1n) is 15.0. The number of aromatic nitrogens is 3. The van der Waals surface area contributed by atoms with Gasteiger partial charge in [-0.15, -0.1) is 0 Å². The van der Waals surface area contributed by atoms with Gasteiger partial charge in [0.05, 0.1) is 11.1 Å². The highest BCUT2D eigenvalue weighted by Gasteiger charge is 2.36. The molecule has 4 saturated heterocycles. The predicted molar refractivity (Wildman–Crippen MR) is 148 cm³/mol. The summed E-state index contributed by atoms with van der Waals surface area (Å²) in [4.78, 5) is 26.9. The van der Waals surface area contributed by atoms with Crippen LogP contribution in [0, 0.1) is 11.6 Å². The third-order valence-electron chi connectivity index (χ3n) is 8.35. The van der Waals surface area contributed by atoms with Crippen molar-refractivity contribution in [2.24, 2.45) is 0 Å². The number of rotatable bonds is 5. The first-order valence-corrected chi connectivity index (χ1v) is 13.5. The van der Waals surface area contributed by atoms with Crippen molar-refractivity contribution in [2.75, 3.05) is 38.1 Å². The highest BCUT2D eigenvalue weighted by molar-refractivity contribution is 5.94. The van der Waals surface area contributed by atoms with Crippen LogP contribution in [0.25, 0.3) is 27.4 Å². The number of ether oxygens (including phenoxy) is 1. The second kappa shape index (κ2) is 9.67. The number of pyridine rings is 1. The van der Waals surface area contributed by atoms with Gasteiger partial charge in [0.25, 0.3) is 5.56 Å². The summed E-state index contributed by atoms with van der Waals surface area (Å²) in [6.45, 7) is -0.361. The second-order valence-electron chi connectivity index (χ2n) is 10.8. The minimum Gasteiger partial charge on any atom is -0.508 e. The van der Waals surface area contributed by atoms with E-state index in [0.29, 0.717) is 30.7 Å². The van der Waals surface area contributed by atoms with E-state index in [-0.39, 0.29) is 58.5 Å². The summed E-state index contributed by atoms with van der Waals surface area (Å²) >= 11 is 0. The van der Waals surface area contributed by atoms with Crippen LogP contribution in [-0.2, 0) is 0 Å². The molecule has 0 radical (unpaired) electrons. The van der Waals surface area contributed by atoms with Crippen LogP contribution >= 0.6 is 0 Å². The fourth-order valence-corrected chi connectivity index (χ4v) is 6.26. The van der Waals surface area contributed by atoms with Gasteiger partial charge < -0.3 is 25.0 Å². The van der Waals surface area contributed by atoms with Crippen LogP contribution in [-0.4, -0.2) is 75.9 Å². The third kappa shape index (κ3) is 4.15. The van der Waals surface area contributed by atoms with Crippen LogP contribution in [0.3, 0.4) is 0 Å². The number of nitrogens with zero attached hydrogens (tertiary/aromatic N) is 5. The number of nitrogens with one attached hydrogen (secondary N) is 1. The minimum atomic E-state index is -2.26. The lowest BCUT2D eigenvalue weighted by atomic mass is 9.93. The topological polar surface area (TPSA) is 95.8 Å². The predicted octanol–water partition coefficient (Wildman–Crippen LogP) is 3.33. The van der Waals surface area contributed by atoms with Crippen molar-refractivity contribution < 1.29 is 22.7 Å². The van der Waals surface area contributed by atoms with E-state index in [4.69, 9.17) is 13.8 Å². The molecule has 208 valence electrons. The van der Waals surface area contributed by atoms with Crippen molar-refractivity contribution in [1.82, 2.24) is 24.8 Å². The van der Waals surface area contributed by atoms with Crippen LogP contribution in [0.15, 0.2) is 41.3 Å². The number of halogens is 2. The highest BCUT2D eigenvalue weighted by atomic mass is 19.2. The fraction of sp³-hybridized carbons (Fsp3) is 0.414. The smallest absolute Gasteiger partial charge is 0.319 e. The minimum absolute atomic E-state index is 0.00399. The molecule has 0 amide bonds. The van der Waals surface area contributed by atoms with Crippen molar-refractivity contribution in [3.63, 3.8) is 0 Å². The zero-order chi connectivity index (χ0) is 30.0. The van der Waals surface area contributed by atoms with Gasteiger partial charge in [-0.2, -0.15) is 9.97 Å². The number of phenolic OH excluding ortho intramolecular Hbond substituents is 1. The van der Waals surface area contributed by atoms with Crippen molar-refractivity contribution in [2.45, 2.75) is 43.8 Å². The van der Waals surface area contributed by atoms with Gasteiger partial charge in [-0.05, 0) is 62.8 Å². The molecule has 4 aliphatic heterocycles. The average molecular weight is 552 g/mol. The van der Waals surface area contributed by atoms with E-state index in [1.807, 2.05) is 0 Å². The molecule has 9 nitrogen and oxygen atoms in total. The number of likely N-dealkylation sites (N-methyl/N-ethyl adjacent to an activating group) is 1. The number of hydrogen-bond acceptors (Lipinski definition) is 8. The van der Waals surface area contributed by atoms with E-state index in [9.17, 15) is 14.3 Å². The average Bonchev–Trinajstić information content (AvgIpc) is 3.48. The van der Waals surface area contributed by atoms with Crippen molar-refractivity contribution in [1.29, 1.82) is 0 Å². The molecular formula is C29H30F2N6O3. The first-order chi connectivity index (χ1) is 20.6. The Morgan fingerprint density at radius 3 is 2.88 bits per heavy atom. The molecule has 0 aliphatic carbocycles. The standard InChI is InChI=1S/C29H30F2N6O3/c1-35-9-2-3-19(35)15-40-29-33-26-21(27(34-29)37-14-17-5-6-18(37)13-32-17)8-10-36(28(26)39)23-12-20(38)11-16-4-7-22(30)25(31)24(16)23/h4,7-8,10-12,17-19,32,38H,2-3,5-6,9,13-15H2,1H3/t17?,18?,19-/m0/s1/i1D3. The first kappa shape index (κ1) is 21.9. The summed E-state index contributed by atoms with van der Waals surface area (Å²) in [5.41, 5.74) is -0.668. The van der Waals surface area contributed by atoms with Gasteiger partial charge in [0.2, 0.25) is 0 Å². The largest absolute Gasteiger partial charge is 0.508 e. The molecule has 2 aromatic heterocycles. The zero-order valence-electron chi connectivity index (χ0n) is 24.6. The van der Waals surface area contributed by atoms with Gasteiger partial charge in [-0.3, -0.25) is 9.36 Å². The van der Waals surface area contributed by atoms with Crippen LogP contribution in [0.4, 0.5) is 14.6 Å². The molecule has 6 heterocycles. The van der Waals surface area contributed by atoms with E-state index in [0.717, 1.165) is 36.4 Å². The molecule has 4 fully saturated rings. The van der Waals surface area contributed by atoms with Crippen LogP contribution < -0.4 is 20.5 Å². The highest BCUT2D eigenvalue weighted by Crippen LogP contribution is 2.34. The Kier molecular flexibility index (Phi) is 5.30. The number of fused-ring (bicyclic) bond motifs is 5. The number of piperazine rings is 1. The lowest BCUT2D eigenvalue weighted by Crippen LogP contribution is -2.61. The number of aromatic hydroxyl groups is 1. The third-order valence-corrected chi connectivity index (χ3v) is 8.35. The molecule has 8 rings (SSSR count). The monoisotopic (exact) mass is 551 g/mol. The Balaban J connectivity index is 1.36. The number of likely N-dealkylation sites (tertiary alicyclic amines) is 1. The normalized spacial score (nSPS) is 24.4. The van der Waals surface area contributed by atoms with Gasteiger partial charge in [0.1, 0.15) is 23.7 Å². The molecule has 2 aromatic carbocycles. The Labute approximate surface area is 233 Å². The maximum absolute atomic E-state index is 15.1. The van der Waals surface area contributed by atoms with Gasteiger partial charge in [-0.1, -0.05) is 6.07 Å². The summed E-state index contributed by atoms with van der Waals surface area (Å²) < 4.78 is 60.0. The van der Waals surface area contributed by atoms with Crippen molar-refractivity contribution >= 4 is 27.5 Å². The van der Waals surface area contributed by atoms with Crippen LogP contribution in [0.2, 0.25) is 0 Å². The van der Waals surface area contributed by atoms with E-state index in [2.05, 4.69) is 15.2 Å². The molecular weight excluding hydrogens is 518 g/mol. The number of hydrogen-bond donors (Lipinski definition) is 2. The van der Waals surface area contributed by atoms with Gasteiger partial charge in [0, 0.05) is 53.0 Å². The van der Waals surface area contributed by atoms with E-state index >= 15 is 4.39 Å². The Bertz CT molecular complexity index is 1790.